The van der Waals surface area contributed by atoms with E-state index in [0.717, 1.165) is 17.7 Å². The minimum Gasteiger partial charge on any atom is -0.295 e. The van der Waals surface area contributed by atoms with Crippen LogP contribution in [-0.4, -0.2) is 15.8 Å². The molecule has 0 fully saturated rings. The third-order valence-electron chi connectivity index (χ3n) is 2.55. The fourth-order valence-corrected chi connectivity index (χ4v) is 1.98. The Bertz CT molecular complexity index is 407. The standard InChI is InChI=1S/C12H14N2O/c1-12(2)6-9(5-10(15)7-12)11-8-13-3-4-14-11/h3-5,8H,6-7H2,1-2H3. The molecule has 0 unspecified atom stereocenters. The lowest BCUT2D eigenvalue weighted by Gasteiger charge is -2.28. The molecule has 0 bridgehead atoms. The molecule has 0 N–H and O–H groups in total. The van der Waals surface area contributed by atoms with E-state index in [1.807, 2.05) is 0 Å². The first-order valence-corrected chi connectivity index (χ1v) is 5.07. The van der Waals surface area contributed by atoms with E-state index in [1.54, 1.807) is 24.7 Å². The van der Waals surface area contributed by atoms with Crippen molar-refractivity contribution in [2.45, 2.75) is 26.7 Å². The molecule has 78 valence electrons. The topological polar surface area (TPSA) is 42.9 Å². The molecular formula is C12H14N2O. The summed E-state index contributed by atoms with van der Waals surface area (Å²) >= 11 is 0. The van der Waals surface area contributed by atoms with Gasteiger partial charge >= 0.3 is 0 Å². The summed E-state index contributed by atoms with van der Waals surface area (Å²) in [7, 11) is 0. The average Bonchev–Trinajstić information content (AvgIpc) is 2.16. The number of rotatable bonds is 1. The second-order valence-corrected chi connectivity index (χ2v) is 4.74. The number of allylic oxidation sites excluding steroid dienone is 2. The van der Waals surface area contributed by atoms with Gasteiger partial charge in [-0.1, -0.05) is 13.8 Å². The van der Waals surface area contributed by atoms with Crippen LogP contribution < -0.4 is 0 Å². The van der Waals surface area contributed by atoms with E-state index in [9.17, 15) is 4.79 Å². The summed E-state index contributed by atoms with van der Waals surface area (Å²) < 4.78 is 0. The van der Waals surface area contributed by atoms with Crippen LogP contribution in [0.1, 0.15) is 32.4 Å². The lowest BCUT2D eigenvalue weighted by molar-refractivity contribution is -0.116. The Labute approximate surface area is 89.3 Å². The van der Waals surface area contributed by atoms with Crippen molar-refractivity contribution in [2.24, 2.45) is 5.41 Å². The van der Waals surface area contributed by atoms with Crippen LogP contribution in [0.2, 0.25) is 0 Å². The van der Waals surface area contributed by atoms with Crippen molar-refractivity contribution in [1.29, 1.82) is 0 Å². The van der Waals surface area contributed by atoms with Gasteiger partial charge < -0.3 is 0 Å². The van der Waals surface area contributed by atoms with Crippen LogP contribution in [0.25, 0.3) is 5.57 Å². The van der Waals surface area contributed by atoms with Crippen LogP contribution in [0.3, 0.4) is 0 Å². The maximum Gasteiger partial charge on any atom is 0.156 e. The normalized spacial score (nSPS) is 19.9. The molecule has 0 radical (unpaired) electrons. The predicted octanol–water partition coefficient (Wildman–Crippen LogP) is 2.25. The van der Waals surface area contributed by atoms with Crippen LogP contribution in [0.5, 0.6) is 0 Å². The van der Waals surface area contributed by atoms with Gasteiger partial charge in [0, 0.05) is 18.8 Å². The van der Waals surface area contributed by atoms with Gasteiger partial charge in [0.1, 0.15) is 0 Å². The lowest BCUT2D eigenvalue weighted by Crippen LogP contribution is -2.21. The monoisotopic (exact) mass is 202 g/mol. The Morgan fingerprint density at radius 3 is 2.67 bits per heavy atom. The second kappa shape index (κ2) is 3.57. The number of hydrogen-bond donors (Lipinski definition) is 0. The molecule has 0 spiro atoms. The van der Waals surface area contributed by atoms with Crippen molar-refractivity contribution in [3.8, 4) is 0 Å². The fraction of sp³-hybridized carbons (Fsp3) is 0.417. The quantitative estimate of drug-likeness (QED) is 0.701. The average molecular weight is 202 g/mol. The highest BCUT2D eigenvalue weighted by Gasteiger charge is 2.28. The SMILES string of the molecule is CC1(C)CC(=O)C=C(c2cnccn2)C1. The Morgan fingerprint density at radius 2 is 2.07 bits per heavy atom. The smallest absolute Gasteiger partial charge is 0.156 e. The van der Waals surface area contributed by atoms with Crippen molar-refractivity contribution < 1.29 is 4.79 Å². The van der Waals surface area contributed by atoms with E-state index in [0.29, 0.717) is 6.42 Å². The molecule has 3 nitrogen and oxygen atoms in total. The summed E-state index contributed by atoms with van der Waals surface area (Å²) in [5.41, 5.74) is 1.86. The Balaban J connectivity index is 2.35. The van der Waals surface area contributed by atoms with Gasteiger partial charge in [0.2, 0.25) is 0 Å². The summed E-state index contributed by atoms with van der Waals surface area (Å²) in [5, 5.41) is 0. The van der Waals surface area contributed by atoms with Gasteiger partial charge in [-0.05, 0) is 23.5 Å². The zero-order chi connectivity index (χ0) is 10.9. The van der Waals surface area contributed by atoms with Gasteiger partial charge in [-0.25, -0.2) is 0 Å². The highest BCUT2D eigenvalue weighted by molar-refractivity contribution is 5.98. The third-order valence-corrected chi connectivity index (χ3v) is 2.55. The maximum atomic E-state index is 11.5. The minimum atomic E-state index is 0.0404. The highest BCUT2D eigenvalue weighted by Crippen LogP contribution is 2.37. The van der Waals surface area contributed by atoms with Gasteiger partial charge in [0.15, 0.2) is 5.78 Å². The first-order valence-electron chi connectivity index (χ1n) is 5.07. The van der Waals surface area contributed by atoms with Crippen molar-refractivity contribution in [3.05, 3.63) is 30.4 Å². The zero-order valence-corrected chi connectivity index (χ0v) is 9.03. The predicted molar refractivity (Wildman–Crippen MR) is 58.0 cm³/mol. The highest BCUT2D eigenvalue weighted by atomic mass is 16.1. The third kappa shape index (κ3) is 2.29. The molecular weight excluding hydrogens is 188 g/mol. The molecule has 1 aliphatic carbocycles. The van der Waals surface area contributed by atoms with Gasteiger partial charge in [-0.15, -0.1) is 0 Å². The molecule has 0 aromatic carbocycles. The second-order valence-electron chi connectivity index (χ2n) is 4.74. The van der Waals surface area contributed by atoms with Gasteiger partial charge in [-0.3, -0.25) is 14.8 Å². The molecule has 2 rings (SSSR count). The first kappa shape index (κ1) is 10.0. The summed E-state index contributed by atoms with van der Waals surface area (Å²) in [6, 6.07) is 0. The number of hydrogen-bond acceptors (Lipinski definition) is 3. The molecule has 15 heavy (non-hydrogen) atoms. The van der Waals surface area contributed by atoms with Crippen LogP contribution >= 0.6 is 0 Å². The summed E-state index contributed by atoms with van der Waals surface area (Å²) in [4.78, 5) is 19.8. The van der Waals surface area contributed by atoms with Crippen molar-refractivity contribution >= 4 is 11.4 Å². The molecule has 1 aromatic heterocycles. The van der Waals surface area contributed by atoms with E-state index in [4.69, 9.17) is 0 Å². The van der Waals surface area contributed by atoms with Crippen LogP contribution in [0.4, 0.5) is 0 Å². The molecule has 0 atom stereocenters. The number of ketones is 1. The molecule has 0 saturated heterocycles. The lowest BCUT2D eigenvalue weighted by atomic mass is 9.76. The minimum absolute atomic E-state index is 0.0404. The van der Waals surface area contributed by atoms with E-state index in [-0.39, 0.29) is 11.2 Å². The van der Waals surface area contributed by atoms with Crippen LogP contribution in [0, 0.1) is 5.41 Å². The number of carbonyl (C=O) groups is 1. The number of aromatic nitrogens is 2. The Kier molecular flexibility index (Phi) is 2.39. The largest absolute Gasteiger partial charge is 0.295 e. The summed E-state index contributed by atoms with van der Waals surface area (Å²) in [6.07, 6.45) is 8.21. The summed E-state index contributed by atoms with van der Waals surface area (Å²) in [5.74, 6) is 0.187. The molecule has 0 amide bonds. The van der Waals surface area contributed by atoms with Gasteiger partial charge in [0.25, 0.3) is 0 Å². The van der Waals surface area contributed by atoms with Crippen molar-refractivity contribution in [2.75, 3.05) is 0 Å². The molecule has 3 heteroatoms. The zero-order valence-electron chi connectivity index (χ0n) is 9.03. The van der Waals surface area contributed by atoms with Gasteiger partial charge in [-0.2, -0.15) is 0 Å². The first-order chi connectivity index (χ1) is 7.07. The van der Waals surface area contributed by atoms with E-state index in [1.165, 1.54) is 0 Å². The van der Waals surface area contributed by atoms with Crippen LogP contribution in [0.15, 0.2) is 24.7 Å². The molecule has 1 heterocycles. The Hall–Kier alpha value is -1.51. The number of carbonyl (C=O) groups excluding carboxylic acids is 1. The van der Waals surface area contributed by atoms with Crippen molar-refractivity contribution in [1.82, 2.24) is 9.97 Å². The molecule has 0 aliphatic heterocycles. The molecule has 1 aromatic rings. The van der Waals surface area contributed by atoms with Gasteiger partial charge in [0.05, 0.1) is 11.9 Å². The van der Waals surface area contributed by atoms with Crippen LogP contribution in [-0.2, 0) is 4.79 Å². The van der Waals surface area contributed by atoms with E-state index in [2.05, 4.69) is 23.8 Å². The maximum absolute atomic E-state index is 11.5. The van der Waals surface area contributed by atoms with E-state index >= 15 is 0 Å². The Morgan fingerprint density at radius 1 is 1.27 bits per heavy atom. The summed E-state index contributed by atoms with van der Waals surface area (Å²) in [6.45, 7) is 4.21. The van der Waals surface area contributed by atoms with Crippen molar-refractivity contribution in [3.63, 3.8) is 0 Å². The fourth-order valence-electron chi connectivity index (χ4n) is 1.98. The molecule has 1 aliphatic rings. The van der Waals surface area contributed by atoms with E-state index < -0.39 is 0 Å². The molecule has 0 saturated carbocycles. The number of nitrogens with zero attached hydrogens (tertiary/aromatic N) is 2.